The van der Waals surface area contributed by atoms with Gasteiger partial charge < -0.3 is 19.7 Å². The minimum atomic E-state index is -1.000. The Morgan fingerprint density at radius 1 is 1.39 bits per heavy atom. The first-order valence-corrected chi connectivity index (χ1v) is 6.67. The molecule has 0 bridgehead atoms. The molecule has 2 N–H and O–H groups in total. The number of esters is 1. The molecule has 1 unspecified atom stereocenters. The Morgan fingerprint density at radius 3 is 2.65 bits per heavy atom. The molecule has 0 aliphatic rings. The number of hydrogen-bond donors (Lipinski definition) is 2. The van der Waals surface area contributed by atoms with Crippen molar-refractivity contribution in [3.8, 4) is 5.75 Å². The zero-order valence-electron chi connectivity index (χ0n) is 12.7. The van der Waals surface area contributed by atoms with Gasteiger partial charge in [0.25, 0.3) is 11.5 Å². The summed E-state index contributed by atoms with van der Waals surface area (Å²) in [4.78, 5) is 35.8. The Balaban J connectivity index is 2.58. The lowest BCUT2D eigenvalue weighted by atomic mass is 10.1. The van der Waals surface area contributed by atoms with Gasteiger partial charge in [-0.2, -0.15) is 0 Å². The van der Waals surface area contributed by atoms with Gasteiger partial charge in [-0.1, -0.05) is 0 Å². The van der Waals surface area contributed by atoms with Crippen LogP contribution in [0.15, 0.2) is 23.0 Å². The highest BCUT2D eigenvalue weighted by Crippen LogP contribution is 2.26. The molecule has 23 heavy (non-hydrogen) atoms. The van der Waals surface area contributed by atoms with Gasteiger partial charge in [0.15, 0.2) is 0 Å². The second-order valence-electron chi connectivity index (χ2n) is 4.97. The first-order chi connectivity index (χ1) is 10.8. The van der Waals surface area contributed by atoms with Gasteiger partial charge in [0.05, 0.1) is 12.6 Å². The molecule has 0 saturated heterocycles. The first-order valence-electron chi connectivity index (χ1n) is 6.67. The summed E-state index contributed by atoms with van der Waals surface area (Å²) in [6, 6.07) is 2.45. The van der Waals surface area contributed by atoms with E-state index in [4.69, 9.17) is 0 Å². The third-order valence-electron chi connectivity index (χ3n) is 3.46. The Labute approximate surface area is 130 Å². The van der Waals surface area contributed by atoms with Crippen molar-refractivity contribution in [2.75, 3.05) is 7.11 Å². The van der Waals surface area contributed by atoms with E-state index in [0.717, 1.165) is 23.8 Å². The molecule has 7 nitrogen and oxygen atoms in total. The van der Waals surface area contributed by atoms with Crippen molar-refractivity contribution < 1.29 is 23.8 Å². The third kappa shape index (κ3) is 2.87. The second kappa shape index (κ2) is 6.07. The lowest BCUT2D eigenvalue weighted by molar-refractivity contribution is -0.142. The molecule has 1 heterocycles. The monoisotopic (exact) mass is 322 g/mol. The van der Waals surface area contributed by atoms with Crippen LogP contribution in [0.4, 0.5) is 4.39 Å². The first kappa shape index (κ1) is 16.5. The molecule has 1 amide bonds. The highest BCUT2D eigenvalue weighted by Gasteiger charge is 2.24. The van der Waals surface area contributed by atoms with Crippen LogP contribution in [-0.4, -0.2) is 34.7 Å². The maximum absolute atomic E-state index is 13.3. The lowest BCUT2D eigenvalue weighted by Crippen LogP contribution is -2.41. The minimum Gasteiger partial charge on any atom is -0.506 e. The number of amides is 1. The largest absolute Gasteiger partial charge is 0.506 e. The van der Waals surface area contributed by atoms with Gasteiger partial charge >= 0.3 is 5.97 Å². The quantitative estimate of drug-likeness (QED) is 0.810. The number of aromatic hydroxyl groups is 1. The van der Waals surface area contributed by atoms with Crippen LogP contribution < -0.4 is 10.9 Å². The smallest absolute Gasteiger partial charge is 0.328 e. The summed E-state index contributed by atoms with van der Waals surface area (Å²) in [7, 11) is 2.51. The number of carbonyl (C=O) groups is 2. The highest BCUT2D eigenvalue weighted by molar-refractivity contribution is 6.03. The predicted octanol–water partition coefficient (Wildman–Crippen LogP) is 0.674. The maximum Gasteiger partial charge on any atom is 0.328 e. The molecule has 2 aromatic rings. The molecule has 0 spiro atoms. The molecule has 0 aliphatic carbocycles. The third-order valence-corrected chi connectivity index (χ3v) is 3.46. The average molecular weight is 322 g/mol. The molecule has 1 aromatic carbocycles. The number of ether oxygens (including phenoxy) is 1. The summed E-state index contributed by atoms with van der Waals surface area (Å²) in [5, 5.41) is 12.6. The maximum atomic E-state index is 13.3. The van der Waals surface area contributed by atoms with Crippen LogP contribution in [0, 0.1) is 5.82 Å². The van der Waals surface area contributed by atoms with Gasteiger partial charge in [0, 0.05) is 12.4 Å². The van der Waals surface area contributed by atoms with Crippen molar-refractivity contribution in [1.29, 1.82) is 0 Å². The number of nitrogens with zero attached hydrogens (tertiary/aromatic N) is 1. The summed E-state index contributed by atoms with van der Waals surface area (Å²) < 4.78 is 18.8. The van der Waals surface area contributed by atoms with E-state index in [2.05, 4.69) is 10.1 Å². The van der Waals surface area contributed by atoms with Crippen LogP contribution in [0.2, 0.25) is 0 Å². The van der Waals surface area contributed by atoms with E-state index in [9.17, 15) is 23.9 Å². The number of hydrogen-bond acceptors (Lipinski definition) is 5. The van der Waals surface area contributed by atoms with Crippen LogP contribution in [0.1, 0.15) is 17.3 Å². The van der Waals surface area contributed by atoms with Gasteiger partial charge in [-0.3, -0.25) is 9.59 Å². The van der Waals surface area contributed by atoms with Gasteiger partial charge in [-0.25, -0.2) is 9.18 Å². The Kier molecular flexibility index (Phi) is 4.35. The number of fused-ring (bicyclic) bond motifs is 1. The molecule has 0 fully saturated rings. The fraction of sp³-hybridized carbons (Fsp3) is 0.267. The molecule has 2 rings (SSSR count). The Morgan fingerprint density at radius 2 is 2.04 bits per heavy atom. The minimum absolute atomic E-state index is 0.143. The van der Waals surface area contributed by atoms with Crippen molar-refractivity contribution in [2.45, 2.75) is 13.0 Å². The molecule has 1 aromatic heterocycles. The molecule has 1 atom stereocenters. The number of halogens is 1. The molecule has 0 saturated carbocycles. The number of carbonyl (C=O) groups excluding carboxylic acids is 2. The van der Waals surface area contributed by atoms with E-state index in [1.165, 1.54) is 20.0 Å². The number of pyridine rings is 1. The fourth-order valence-electron chi connectivity index (χ4n) is 2.20. The molecule has 8 heteroatoms. The molecule has 0 radical (unpaired) electrons. The van der Waals surface area contributed by atoms with Gasteiger partial charge in [0.1, 0.15) is 23.2 Å². The van der Waals surface area contributed by atoms with Gasteiger partial charge in [-0.05, 0) is 25.1 Å². The van der Waals surface area contributed by atoms with Crippen LogP contribution in [0.3, 0.4) is 0 Å². The van der Waals surface area contributed by atoms with E-state index in [1.54, 1.807) is 0 Å². The molecule has 122 valence electrons. The van der Waals surface area contributed by atoms with Gasteiger partial charge in [-0.15, -0.1) is 0 Å². The van der Waals surface area contributed by atoms with E-state index in [-0.39, 0.29) is 10.9 Å². The normalized spacial score (nSPS) is 12.0. The number of nitrogens with one attached hydrogen (secondary N) is 1. The van der Waals surface area contributed by atoms with E-state index in [1.807, 2.05) is 0 Å². The van der Waals surface area contributed by atoms with Crippen molar-refractivity contribution in [2.24, 2.45) is 7.05 Å². The number of aromatic nitrogens is 1. The Hall–Kier alpha value is -2.90. The summed E-state index contributed by atoms with van der Waals surface area (Å²) in [5.41, 5.74) is -1.19. The SMILES string of the molecule is COC(=O)C(C)NC(=O)c1c(O)c2ccc(F)cc2n(C)c1=O. The standard InChI is InChI=1S/C15H15FN2O5/c1-7(15(22)23-3)17-13(20)11-12(19)9-5-4-8(16)6-10(9)18(2)14(11)21/h4-7,19H,1-3H3,(H,17,20). The highest BCUT2D eigenvalue weighted by atomic mass is 19.1. The molecule has 0 aliphatic heterocycles. The number of methoxy groups -OCH3 is 1. The second-order valence-corrected chi connectivity index (χ2v) is 4.97. The molecular weight excluding hydrogens is 307 g/mol. The zero-order valence-corrected chi connectivity index (χ0v) is 12.7. The van der Waals surface area contributed by atoms with Gasteiger partial charge in [0.2, 0.25) is 0 Å². The van der Waals surface area contributed by atoms with Crippen molar-refractivity contribution in [1.82, 2.24) is 9.88 Å². The summed E-state index contributed by atoms with van der Waals surface area (Å²) in [5.74, 6) is -2.77. The predicted molar refractivity (Wildman–Crippen MR) is 79.8 cm³/mol. The van der Waals surface area contributed by atoms with Crippen LogP contribution in [0.25, 0.3) is 10.9 Å². The zero-order chi connectivity index (χ0) is 17.3. The number of aryl methyl sites for hydroxylation is 1. The summed E-state index contributed by atoms with van der Waals surface area (Å²) >= 11 is 0. The summed E-state index contributed by atoms with van der Waals surface area (Å²) in [6.45, 7) is 1.38. The number of benzene rings is 1. The van der Waals surface area contributed by atoms with Crippen LogP contribution in [-0.2, 0) is 16.6 Å². The van der Waals surface area contributed by atoms with Crippen LogP contribution >= 0.6 is 0 Å². The van der Waals surface area contributed by atoms with E-state index < -0.39 is 40.6 Å². The molecular formula is C15H15FN2O5. The topological polar surface area (TPSA) is 97.6 Å². The Bertz CT molecular complexity index is 859. The summed E-state index contributed by atoms with van der Waals surface area (Å²) in [6.07, 6.45) is 0. The van der Waals surface area contributed by atoms with Crippen LogP contribution in [0.5, 0.6) is 5.75 Å². The van der Waals surface area contributed by atoms with Crippen molar-refractivity contribution in [3.63, 3.8) is 0 Å². The van der Waals surface area contributed by atoms with Crippen molar-refractivity contribution in [3.05, 3.63) is 39.9 Å². The lowest BCUT2D eigenvalue weighted by Gasteiger charge is -2.14. The fourth-order valence-corrected chi connectivity index (χ4v) is 2.20. The number of rotatable bonds is 3. The average Bonchev–Trinajstić information content (AvgIpc) is 2.51. The van der Waals surface area contributed by atoms with E-state index in [0.29, 0.717) is 0 Å². The van der Waals surface area contributed by atoms with Crippen molar-refractivity contribution >= 4 is 22.8 Å². The van der Waals surface area contributed by atoms with E-state index >= 15 is 0 Å².